The van der Waals surface area contributed by atoms with Crippen LogP contribution in [0.4, 0.5) is 10.1 Å². The first-order chi connectivity index (χ1) is 7.90. The van der Waals surface area contributed by atoms with Gasteiger partial charge in [0.05, 0.1) is 12.6 Å². The third-order valence-corrected chi connectivity index (χ3v) is 2.66. The molecule has 3 N–H and O–H groups in total. The molecule has 0 aliphatic heterocycles. The van der Waals surface area contributed by atoms with Gasteiger partial charge < -0.3 is 15.8 Å². The van der Waals surface area contributed by atoms with Crippen molar-refractivity contribution in [2.45, 2.75) is 25.8 Å². The van der Waals surface area contributed by atoms with Crippen LogP contribution in [0.2, 0.25) is 0 Å². The summed E-state index contributed by atoms with van der Waals surface area (Å²) in [5, 5.41) is 2.57. The van der Waals surface area contributed by atoms with Gasteiger partial charge in [0.2, 0.25) is 5.91 Å². The highest BCUT2D eigenvalue weighted by atomic mass is 19.1. The van der Waals surface area contributed by atoms with Crippen LogP contribution in [0.5, 0.6) is 5.75 Å². The van der Waals surface area contributed by atoms with Crippen molar-refractivity contribution in [2.75, 3.05) is 12.4 Å². The minimum atomic E-state index is -0.962. The highest BCUT2D eigenvalue weighted by Gasteiger charge is 2.26. The summed E-state index contributed by atoms with van der Waals surface area (Å²) in [4.78, 5) is 11.7. The SMILES string of the molecule is CCC(C)(N)C(=O)Nc1ccc(OC)c(F)c1. The largest absolute Gasteiger partial charge is 0.494 e. The molecule has 0 aliphatic rings. The minimum Gasteiger partial charge on any atom is -0.494 e. The first-order valence-electron chi connectivity index (χ1n) is 5.34. The summed E-state index contributed by atoms with van der Waals surface area (Å²) in [6.45, 7) is 3.44. The normalized spacial score (nSPS) is 13.9. The van der Waals surface area contributed by atoms with Crippen LogP contribution < -0.4 is 15.8 Å². The van der Waals surface area contributed by atoms with Gasteiger partial charge >= 0.3 is 0 Å². The summed E-state index contributed by atoms with van der Waals surface area (Å²) >= 11 is 0. The summed E-state index contributed by atoms with van der Waals surface area (Å²) in [6.07, 6.45) is 0.497. The zero-order valence-corrected chi connectivity index (χ0v) is 10.2. The van der Waals surface area contributed by atoms with E-state index in [0.29, 0.717) is 12.1 Å². The van der Waals surface area contributed by atoms with Gasteiger partial charge in [-0.3, -0.25) is 4.79 Å². The quantitative estimate of drug-likeness (QED) is 0.844. The lowest BCUT2D eigenvalue weighted by atomic mass is 9.99. The van der Waals surface area contributed by atoms with Crippen LogP contribution in [0.3, 0.4) is 0 Å². The molecule has 1 aromatic rings. The lowest BCUT2D eigenvalue weighted by Crippen LogP contribution is -2.47. The second kappa shape index (κ2) is 5.14. The smallest absolute Gasteiger partial charge is 0.244 e. The molecule has 0 spiro atoms. The van der Waals surface area contributed by atoms with Crippen molar-refractivity contribution in [2.24, 2.45) is 5.73 Å². The molecule has 0 bridgehead atoms. The summed E-state index contributed by atoms with van der Waals surface area (Å²) in [7, 11) is 1.38. The molecule has 5 heteroatoms. The number of hydrogen-bond donors (Lipinski definition) is 2. The van der Waals surface area contributed by atoms with Crippen molar-refractivity contribution in [1.29, 1.82) is 0 Å². The van der Waals surface area contributed by atoms with Gasteiger partial charge in [-0.15, -0.1) is 0 Å². The number of nitrogens with two attached hydrogens (primary N) is 1. The lowest BCUT2D eigenvalue weighted by molar-refractivity contribution is -0.120. The number of hydrogen-bond acceptors (Lipinski definition) is 3. The number of carbonyl (C=O) groups is 1. The van der Waals surface area contributed by atoms with Gasteiger partial charge in [-0.2, -0.15) is 0 Å². The zero-order chi connectivity index (χ0) is 13.1. The zero-order valence-electron chi connectivity index (χ0n) is 10.2. The molecular formula is C12H17FN2O2. The minimum absolute atomic E-state index is 0.133. The Labute approximate surface area is 100.0 Å². The fraction of sp³-hybridized carbons (Fsp3) is 0.417. The van der Waals surface area contributed by atoms with E-state index in [0.717, 1.165) is 0 Å². The molecule has 0 aromatic heterocycles. The van der Waals surface area contributed by atoms with E-state index >= 15 is 0 Å². The van der Waals surface area contributed by atoms with Crippen LogP contribution >= 0.6 is 0 Å². The molecule has 0 saturated carbocycles. The summed E-state index contributed by atoms with van der Waals surface area (Å²) in [6, 6.07) is 4.21. The van der Waals surface area contributed by atoms with E-state index in [2.05, 4.69) is 5.32 Å². The van der Waals surface area contributed by atoms with Gasteiger partial charge in [-0.1, -0.05) is 6.92 Å². The van der Waals surface area contributed by atoms with Crippen molar-refractivity contribution in [1.82, 2.24) is 0 Å². The molecule has 4 nitrogen and oxygen atoms in total. The Morgan fingerprint density at radius 2 is 2.24 bits per heavy atom. The standard InChI is InChI=1S/C12H17FN2O2/c1-4-12(2,14)11(16)15-8-5-6-10(17-3)9(13)7-8/h5-7H,4,14H2,1-3H3,(H,15,16). The van der Waals surface area contributed by atoms with Gasteiger partial charge in [-0.05, 0) is 25.5 Å². The van der Waals surface area contributed by atoms with E-state index in [-0.39, 0.29) is 11.7 Å². The topological polar surface area (TPSA) is 64.4 Å². The number of carbonyl (C=O) groups excluding carboxylic acids is 1. The molecule has 0 fully saturated rings. The molecule has 1 unspecified atom stereocenters. The Morgan fingerprint density at radius 1 is 1.59 bits per heavy atom. The van der Waals surface area contributed by atoms with Crippen molar-refractivity contribution < 1.29 is 13.9 Å². The molecular weight excluding hydrogens is 223 g/mol. The fourth-order valence-corrected chi connectivity index (χ4v) is 1.18. The molecule has 1 atom stereocenters. The van der Waals surface area contributed by atoms with Crippen LogP contribution in [0.15, 0.2) is 18.2 Å². The number of methoxy groups -OCH3 is 1. The Morgan fingerprint density at radius 3 is 2.71 bits per heavy atom. The Hall–Kier alpha value is -1.62. The fourth-order valence-electron chi connectivity index (χ4n) is 1.18. The lowest BCUT2D eigenvalue weighted by Gasteiger charge is -2.21. The molecule has 1 amide bonds. The molecule has 17 heavy (non-hydrogen) atoms. The van der Waals surface area contributed by atoms with E-state index in [1.54, 1.807) is 13.0 Å². The van der Waals surface area contributed by atoms with Gasteiger partial charge in [0.25, 0.3) is 0 Å². The average Bonchev–Trinajstić information content (AvgIpc) is 2.29. The van der Waals surface area contributed by atoms with E-state index in [1.807, 2.05) is 6.92 Å². The number of anilines is 1. The number of rotatable bonds is 4. The Bertz CT molecular complexity index is 419. The van der Waals surface area contributed by atoms with Crippen LogP contribution in [-0.2, 0) is 4.79 Å². The highest BCUT2D eigenvalue weighted by Crippen LogP contribution is 2.21. The maximum atomic E-state index is 13.4. The number of halogens is 1. The van der Waals surface area contributed by atoms with Crippen LogP contribution in [0.25, 0.3) is 0 Å². The maximum Gasteiger partial charge on any atom is 0.244 e. The molecule has 1 aromatic carbocycles. The summed E-state index contributed by atoms with van der Waals surface area (Å²) in [5.74, 6) is -0.737. The van der Waals surface area contributed by atoms with Gasteiger partial charge in [-0.25, -0.2) is 4.39 Å². The molecule has 94 valence electrons. The highest BCUT2D eigenvalue weighted by molar-refractivity contribution is 5.97. The molecule has 0 saturated heterocycles. The number of benzene rings is 1. The van der Waals surface area contributed by atoms with Gasteiger partial charge in [0, 0.05) is 11.8 Å². The predicted octanol–water partition coefficient (Wildman–Crippen LogP) is 1.90. The summed E-state index contributed by atoms with van der Waals surface area (Å²) < 4.78 is 18.2. The average molecular weight is 240 g/mol. The Kier molecular flexibility index (Phi) is 4.07. The monoisotopic (exact) mass is 240 g/mol. The van der Waals surface area contributed by atoms with Gasteiger partial charge in [0.15, 0.2) is 11.6 Å². The van der Waals surface area contributed by atoms with E-state index in [4.69, 9.17) is 10.5 Å². The summed E-state index contributed by atoms with van der Waals surface area (Å²) in [5.41, 5.74) is 5.17. The van der Waals surface area contributed by atoms with Crippen LogP contribution in [0, 0.1) is 5.82 Å². The molecule has 0 heterocycles. The maximum absolute atomic E-state index is 13.4. The first kappa shape index (κ1) is 13.4. The first-order valence-corrected chi connectivity index (χ1v) is 5.34. The van der Waals surface area contributed by atoms with E-state index in [9.17, 15) is 9.18 Å². The van der Waals surface area contributed by atoms with E-state index < -0.39 is 11.4 Å². The van der Waals surface area contributed by atoms with Crippen molar-refractivity contribution in [3.8, 4) is 5.75 Å². The second-order valence-electron chi connectivity index (χ2n) is 4.07. The van der Waals surface area contributed by atoms with Crippen LogP contribution in [-0.4, -0.2) is 18.6 Å². The second-order valence-corrected chi connectivity index (χ2v) is 4.07. The number of amides is 1. The third kappa shape index (κ3) is 3.17. The van der Waals surface area contributed by atoms with Crippen molar-refractivity contribution in [3.05, 3.63) is 24.0 Å². The predicted molar refractivity (Wildman–Crippen MR) is 64.5 cm³/mol. The van der Waals surface area contributed by atoms with Gasteiger partial charge in [0.1, 0.15) is 0 Å². The third-order valence-electron chi connectivity index (χ3n) is 2.66. The van der Waals surface area contributed by atoms with Crippen molar-refractivity contribution in [3.63, 3.8) is 0 Å². The van der Waals surface area contributed by atoms with Crippen molar-refractivity contribution >= 4 is 11.6 Å². The van der Waals surface area contributed by atoms with Crippen LogP contribution in [0.1, 0.15) is 20.3 Å². The molecule has 0 radical (unpaired) electrons. The number of nitrogens with one attached hydrogen (secondary N) is 1. The Balaban J connectivity index is 2.83. The number of ether oxygens (including phenoxy) is 1. The molecule has 1 rings (SSSR count). The molecule has 0 aliphatic carbocycles. The van der Waals surface area contributed by atoms with E-state index in [1.165, 1.54) is 19.2 Å².